The Morgan fingerprint density at radius 1 is 1.19 bits per heavy atom. The molecule has 88 valence electrons. The summed E-state index contributed by atoms with van der Waals surface area (Å²) in [6.07, 6.45) is 6.07. The molecule has 1 nitrogen and oxygen atoms in total. The second-order valence-electron chi connectivity index (χ2n) is 4.63. The second kappa shape index (κ2) is 5.15. The number of rotatable bonds is 2. The van der Waals surface area contributed by atoms with Crippen LogP contribution in [0.2, 0.25) is 5.02 Å². The van der Waals surface area contributed by atoms with Crippen LogP contribution in [0.5, 0.6) is 0 Å². The minimum atomic E-state index is -0.297. The molecule has 1 aliphatic rings. The summed E-state index contributed by atoms with van der Waals surface area (Å²) >= 11 is 5.84. The van der Waals surface area contributed by atoms with Gasteiger partial charge in [-0.25, -0.2) is 4.39 Å². The lowest BCUT2D eigenvalue weighted by molar-refractivity contribution is 0.308. The Morgan fingerprint density at radius 3 is 2.50 bits per heavy atom. The van der Waals surface area contributed by atoms with Gasteiger partial charge in [-0.05, 0) is 42.5 Å². The first-order valence-electron chi connectivity index (χ1n) is 5.88. The zero-order chi connectivity index (χ0) is 11.5. The highest BCUT2D eigenvalue weighted by Gasteiger charge is 2.22. The van der Waals surface area contributed by atoms with Gasteiger partial charge in [-0.15, -0.1) is 0 Å². The van der Waals surface area contributed by atoms with E-state index in [2.05, 4.69) is 0 Å². The molecule has 1 fully saturated rings. The molecule has 0 aromatic heterocycles. The van der Waals surface area contributed by atoms with Crippen LogP contribution < -0.4 is 5.73 Å². The van der Waals surface area contributed by atoms with Gasteiger partial charge >= 0.3 is 0 Å². The first-order chi connectivity index (χ1) is 7.66. The predicted octanol–water partition coefficient (Wildman–Crippen LogP) is 4.06. The summed E-state index contributed by atoms with van der Waals surface area (Å²) in [5.74, 6) is 0.181. The molecule has 0 spiro atoms. The Kier molecular flexibility index (Phi) is 3.82. The lowest BCUT2D eigenvalue weighted by Gasteiger charge is -2.27. The molecule has 0 amide bonds. The van der Waals surface area contributed by atoms with Crippen molar-refractivity contribution in [2.75, 3.05) is 0 Å². The number of benzene rings is 1. The average Bonchev–Trinajstić information content (AvgIpc) is 2.28. The molecule has 1 saturated carbocycles. The van der Waals surface area contributed by atoms with Gasteiger partial charge in [-0.1, -0.05) is 30.9 Å². The van der Waals surface area contributed by atoms with Gasteiger partial charge in [0.1, 0.15) is 5.82 Å². The lowest BCUT2D eigenvalue weighted by atomic mass is 9.81. The second-order valence-corrected chi connectivity index (χ2v) is 5.06. The minimum Gasteiger partial charge on any atom is -0.324 e. The summed E-state index contributed by atoms with van der Waals surface area (Å²) in [7, 11) is 0. The predicted molar refractivity (Wildman–Crippen MR) is 64.9 cm³/mol. The van der Waals surface area contributed by atoms with E-state index in [1.807, 2.05) is 0 Å². The maximum absolute atomic E-state index is 13.2. The van der Waals surface area contributed by atoms with E-state index in [1.54, 1.807) is 6.07 Å². The molecule has 0 unspecified atom stereocenters. The van der Waals surface area contributed by atoms with Crippen molar-refractivity contribution in [3.8, 4) is 0 Å². The monoisotopic (exact) mass is 241 g/mol. The van der Waals surface area contributed by atoms with Crippen molar-refractivity contribution in [1.29, 1.82) is 0 Å². The zero-order valence-corrected chi connectivity index (χ0v) is 10.0. The average molecular weight is 242 g/mol. The summed E-state index contributed by atoms with van der Waals surface area (Å²) in [5.41, 5.74) is 7.01. The number of hydrogen-bond donors (Lipinski definition) is 1. The first kappa shape index (κ1) is 11.9. The Bertz CT molecular complexity index is 341. The highest BCUT2D eigenvalue weighted by Crippen LogP contribution is 2.33. The molecule has 1 aromatic carbocycles. The van der Waals surface area contributed by atoms with E-state index in [1.165, 1.54) is 31.4 Å². The number of halogens is 2. The summed E-state index contributed by atoms with van der Waals surface area (Å²) in [6.45, 7) is 0. The van der Waals surface area contributed by atoms with Crippen LogP contribution in [0.1, 0.15) is 43.7 Å². The van der Waals surface area contributed by atoms with Gasteiger partial charge in [0.15, 0.2) is 0 Å². The molecule has 1 aliphatic carbocycles. The fraction of sp³-hybridized carbons (Fsp3) is 0.538. The molecular weight excluding hydrogens is 225 g/mol. The molecule has 2 N–H and O–H groups in total. The van der Waals surface area contributed by atoms with Crippen LogP contribution in [0.15, 0.2) is 18.2 Å². The molecule has 16 heavy (non-hydrogen) atoms. The van der Waals surface area contributed by atoms with Crippen molar-refractivity contribution in [3.05, 3.63) is 34.6 Å². The van der Waals surface area contributed by atoms with Crippen molar-refractivity contribution < 1.29 is 4.39 Å². The van der Waals surface area contributed by atoms with Gasteiger partial charge in [0.2, 0.25) is 0 Å². The van der Waals surface area contributed by atoms with Crippen molar-refractivity contribution in [1.82, 2.24) is 0 Å². The Hall–Kier alpha value is -0.600. The quantitative estimate of drug-likeness (QED) is 0.830. The molecule has 3 heteroatoms. The summed E-state index contributed by atoms with van der Waals surface area (Å²) in [4.78, 5) is 0. The molecule has 1 aromatic rings. The third-order valence-corrected chi connectivity index (χ3v) is 3.65. The van der Waals surface area contributed by atoms with Gasteiger partial charge in [-0.2, -0.15) is 0 Å². The van der Waals surface area contributed by atoms with Crippen LogP contribution in [0.3, 0.4) is 0 Å². The Balaban J connectivity index is 2.15. The van der Waals surface area contributed by atoms with Crippen LogP contribution in [0.25, 0.3) is 0 Å². The van der Waals surface area contributed by atoms with E-state index in [0.29, 0.717) is 10.9 Å². The van der Waals surface area contributed by atoms with Crippen molar-refractivity contribution in [2.24, 2.45) is 11.7 Å². The highest BCUT2D eigenvalue weighted by atomic mass is 35.5. The van der Waals surface area contributed by atoms with Crippen molar-refractivity contribution in [3.63, 3.8) is 0 Å². The molecule has 2 rings (SSSR count). The van der Waals surface area contributed by atoms with Crippen LogP contribution in [-0.2, 0) is 0 Å². The van der Waals surface area contributed by atoms with Crippen molar-refractivity contribution >= 4 is 11.6 Å². The lowest BCUT2D eigenvalue weighted by Crippen LogP contribution is -2.23. The van der Waals surface area contributed by atoms with Gasteiger partial charge in [0, 0.05) is 11.1 Å². The normalized spacial score (nSPS) is 19.7. The first-order valence-corrected chi connectivity index (χ1v) is 6.26. The molecular formula is C13H17ClFN. The van der Waals surface area contributed by atoms with E-state index < -0.39 is 0 Å². The number of hydrogen-bond acceptors (Lipinski definition) is 1. The van der Waals surface area contributed by atoms with Gasteiger partial charge in [0.05, 0.1) is 0 Å². The maximum Gasteiger partial charge on any atom is 0.125 e. The van der Waals surface area contributed by atoms with Gasteiger partial charge < -0.3 is 5.73 Å². The summed E-state index contributed by atoms with van der Waals surface area (Å²) in [6, 6.07) is 4.53. The van der Waals surface area contributed by atoms with E-state index in [-0.39, 0.29) is 11.9 Å². The molecule has 0 bridgehead atoms. The zero-order valence-electron chi connectivity index (χ0n) is 9.26. The fourth-order valence-electron chi connectivity index (χ4n) is 2.53. The smallest absolute Gasteiger partial charge is 0.125 e. The van der Waals surface area contributed by atoms with Gasteiger partial charge in [-0.3, -0.25) is 0 Å². The van der Waals surface area contributed by atoms with Gasteiger partial charge in [0.25, 0.3) is 0 Å². The highest BCUT2D eigenvalue weighted by molar-refractivity contribution is 6.30. The minimum absolute atomic E-state index is 0.0755. The topological polar surface area (TPSA) is 26.0 Å². The Morgan fingerprint density at radius 2 is 1.88 bits per heavy atom. The van der Waals surface area contributed by atoms with Crippen molar-refractivity contribution in [2.45, 2.75) is 38.1 Å². The summed E-state index contributed by atoms with van der Waals surface area (Å²) < 4.78 is 13.2. The van der Waals surface area contributed by atoms with Crippen LogP contribution in [0, 0.1) is 11.7 Å². The van der Waals surface area contributed by atoms with Crippen LogP contribution in [0.4, 0.5) is 4.39 Å². The largest absolute Gasteiger partial charge is 0.324 e. The van der Waals surface area contributed by atoms with E-state index in [9.17, 15) is 4.39 Å². The molecule has 0 heterocycles. The van der Waals surface area contributed by atoms with Crippen LogP contribution in [-0.4, -0.2) is 0 Å². The van der Waals surface area contributed by atoms with Crippen LogP contribution >= 0.6 is 11.6 Å². The number of nitrogens with two attached hydrogens (primary N) is 1. The SMILES string of the molecule is N[C@@H](c1cc(F)cc(Cl)c1)C1CCCCC1. The molecule has 0 aliphatic heterocycles. The molecule has 1 atom stereocenters. The van der Waals surface area contributed by atoms with E-state index in [4.69, 9.17) is 17.3 Å². The molecule has 0 saturated heterocycles. The fourth-order valence-corrected chi connectivity index (χ4v) is 2.76. The third-order valence-electron chi connectivity index (χ3n) is 3.43. The summed E-state index contributed by atoms with van der Waals surface area (Å²) in [5, 5.41) is 0.432. The standard InChI is InChI=1S/C13H17ClFN/c14-11-6-10(7-12(15)8-11)13(16)9-4-2-1-3-5-9/h6-9,13H,1-5,16H2/t13-/m1/s1. The van der Waals surface area contributed by atoms with E-state index >= 15 is 0 Å². The Labute approximate surface area is 101 Å². The third kappa shape index (κ3) is 2.74. The molecule has 0 radical (unpaired) electrons. The van der Waals surface area contributed by atoms with E-state index in [0.717, 1.165) is 18.4 Å². The maximum atomic E-state index is 13.2.